The van der Waals surface area contributed by atoms with Crippen LogP contribution in [0.15, 0.2) is 108 Å². The highest BCUT2D eigenvalue weighted by atomic mass is 35.5. The molecule has 1 amide bonds. The van der Waals surface area contributed by atoms with Crippen molar-refractivity contribution in [2.75, 3.05) is 17.4 Å². The second kappa shape index (κ2) is 8.29. The third-order valence-corrected chi connectivity index (χ3v) is 6.97. The van der Waals surface area contributed by atoms with Gasteiger partial charge in [0.2, 0.25) is 0 Å². The molecule has 6 rings (SSSR count). The lowest BCUT2D eigenvalue weighted by atomic mass is 9.72. The summed E-state index contributed by atoms with van der Waals surface area (Å²) in [5.41, 5.74) is 3.97. The molecule has 0 aliphatic carbocycles. The van der Waals surface area contributed by atoms with E-state index in [0.717, 1.165) is 33.8 Å². The molecule has 1 spiro atoms. The number of halogens is 1. The van der Waals surface area contributed by atoms with Crippen molar-refractivity contribution in [3.8, 4) is 5.75 Å². The molecule has 35 heavy (non-hydrogen) atoms. The van der Waals surface area contributed by atoms with Crippen LogP contribution in [0, 0.1) is 0 Å². The van der Waals surface area contributed by atoms with E-state index in [2.05, 4.69) is 5.32 Å². The molecule has 4 aromatic carbocycles. The number of nitrogens with one attached hydrogen (secondary N) is 1. The number of hydrogen-bond acceptors (Lipinski definition) is 4. The number of anilines is 2. The highest BCUT2D eigenvalue weighted by Crippen LogP contribution is 2.56. The second-order valence-corrected chi connectivity index (χ2v) is 9.05. The van der Waals surface area contributed by atoms with Gasteiger partial charge in [-0.1, -0.05) is 78.3 Å². The molecule has 2 atom stereocenters. The Kier molecular flexibility index (Phi) is 5.08. The Balaban J connectivity index is 1.67. The maximum Gasteiger partial charge on any atom is 0.258 e. The molecule has 0 saturated carbocycles. The van der Waals surface area contributed by atoms with Gasteiger partial charge in [-0.05, 0) is 47.5 Å². The van der Waals surface area contributed by atoms with Crippen molar-refractivity contribution < 1.29 is 9.53 Å². The van der Waals surface area contributed by atoms with Crippen molar-refractivity contribution in [1.29, 1.82) is 0 Å². The SMILES string of the molecule is COc1ccc([C@H]2C(c3ccccc3)=NN(c3ccccc3)[C@]23C(=O)Nc2cc(Cl)ccc23)cc1. The van der Waals surface area contributed by atoms with Crippen LogP contribution in [0.5, 0.6) is 5.75 Å². The summed E-state index contributed by atoms with van der Waals surface area (Å²) in [4.78, 5) is 14.1. The Bertz CT molecular complexity index is 1440. The predicted molar refractivity (Wildman–Crippen MR) is 139 cm³/mol. The minimum atomic E-state index is -1.14. The van der Waals surface area contributed by atoms with Crippen molar-refractivity contribution in [3.63, 3.8) is 0 Å². The van der Waals surface area contributed by atoms with Gasteiger partial charge in [0.05, 0.1) is 24.4 Å². The van der Waals surface area contributed by atoms with Crippen LogP contribution in [0.4, 0.5) is 11.4 Å². The normalized spacial score (nSPS) is 20.5. The number of carbonyl (C=O) groups is 1. The maximum atomic E-state index is 14.1. The number of amides is 1. The van der Waals surface area contributed by atoms with Crippen molar-refractivity contribution in [3.05, 3.63) is 125 Å². The molecule has 0 fully saturated rings. The topological polar surface area (TPSA) is 53.9 Å². The van der Waals surface area contributed by atoms with E-state index in [4.69, 9.17) is 21.4 Å². The van der Waals surface area contributed by atoms with Crippen molar-refractivity contribution in [2.45, 2.75) is 11.5 Å². The van der Waals surface area contributed by atoms with Crippen molar-refractivity contribution >= 4 is 34.6 Å². The summed E-state index contributed by atoms with van der Waals surface area (Å²) in [5, 5.41) is 10.7. The number of para-hydroxylation sites is 1. The quantitative estimate of drug-likeness (QED) is 0.379. The molecule has 0 aromatic heterocycles. The molecule has 2 aliphatic rings. The van der Waals surface area contributed by atoms with E-state index in [1.165, 1.54) is 0 Å². The fraction of sp³-hybridized carbons (Fsp3) is 0.103. The van der Waals surface area contributed by atoms with Gasteiger partial charge in [0.15, 0.2) is 5.54 Å². The first-order chi connectivity index (χ1) is 17.1. The van der Waals surface area contributed by atoms with Crippen LogP contribution >= 0.6 is 11.6 Å². The molecule has 4 aromatic rings. The number of ether oxygens (including phenoxy) is 1. The summed E-state index contributed by atoms with van der Waals surface area (Å²) in [6.07, 6.45) is 0. The lowest BCUT2D eigenvalue weighted by molar-refractivity contribution is -0.120. The number of methoxy groups -OCH3 is 1. The number of fused-ring (bicyclic) bond motifs is 2. The van der Waals surface area contributed by atoms with Crippen LogP contribution in [-0.4, -0.2) is 18.7 Å². The van der Waals surface area contributed by atoms with Crippen LogP contribution in [0.25, 0.3) is 0 Å². The molecule has 6 heteroatoms. The average molecular weight is 480 g/mol. The van der Waals surface area contributed by atoms with Crippen LogP contribution in [0.1, 0.15) is 22.6 Å². The maximum absolute atomic E-state index is 14.1. The summed E-state index contributed by atoms with van der Waals surface area (Å²) in [5.74, 6) is 0.217. The van der Waals surface area contributed by atoms with Gasteiger partial charge in [0.1, 0.15) is 5.75 Å². The van der Waals surface area contributed by atoms with E-state index >= 15 is 0 Å². The summed E-state index contributed by atoms with van der Waals surface area (Å²) < 4.78 is 5.41. The molecule has 5 nitrogen and oxygen atoms in total. The first-order valence-electron chi connectivity index (χ1n) is 11.4. The summed E-state index contributed by atoms with van der Waals surface area (Å²) in [6.45, 7) is 0. The smallest absolute Gasteiger partial charge is 0.258 e. The fourth-order valence-corrected chi connectivity index (χ4v) is 5.38. The molecule has 0 saturated heterocycles. The number of carbonyl (C=O) groups excluding carboxylic acids is 1. The monoisotopic (exact) mass is 479 g/mol. The highest BCUT2D eigenvalue weighted by molar-refractivity contribution is 6.31. The minimum absolute atomic E-state index is 0.144. The lowest BCUT2D eigenvalue weighted by Gasteiger charge is -2.37. The van der Waals surface area contributed by atoms with E-state index < -0.39 is 11.5 Å². The molecule has 2 aliphatic heterocycles. The molecular weight excluding hydrogens is 458 g/mol. The molecular formula is C29H22ClN3O2. The molecule has 0 radical (unpaired) electrons. The number of hydrazone groups is 1. The van der Waals surface area contributed by atoms with Gasteiger partial charge in [-0.2, -0.15) is 5.10 Å². The molecule has 2 heterocycles. The summed E-state index contributed by atoms with van der Waals surface area (Å²) in [7, 11) is 1.64. The summed E-state index contributed by atoms with van der Waals surface area (Å²) >= 11 is 6.32. The fourth-order valence-electron chi connectivity index (χ4n) is 5.21. The second-order valence-electron chi connectivity index (χ2n) is 8.62. The van der Waals surface area contributed by atoms with E-state index in [1.807, 2.05) is 102 Å². The van der Waals surface area contributed by atoms with Gasteiger partial charge in [-0.3, -0.25) is 4.79 Å². The first kappa shape index (κ1) is 21.4. The number of hydrogen-bond donors (Lipinski definition) is 1. The van der Waals surface area contributed by atoms with Crippen LogP contribution in [0.2, 0.25) is 5.02 Å². The number of benzene rings is 4. The molecule has 172 valence electrons. The zero-order valence-electron chi connectivity index (χ0n) is 19.0. The number of rotatable bonds is 4. The molecule has 1 N–H and O–H groups in total. The van der Waals surface area contributed by atoms with E-state index in [9.17, 15) is 4.79 Å². The summed E-state index contributed by atoms with van der Waals surface area (Å²) in [6, 6.07) is 33.3. The predicted octanol–water partition coefficient (Wildman–Crippen LogP) is 6.20. The Morgan fingerprint density at radius 1 is 0.914 bits per heavy atom. The van der Waals surface area contributed by atoms with Gasteiger partial charge in [-0.15, -0.1) is 0 Å². The van der Waals surface area contributed by atoms with Crippen molar-refractivity contribution in [2.24, 2.45) is 5.10 Å². The Hall–Kier alpha value is -4.09. The Morgan fingerprint density at radius 3 is 2.29 bits per heavy atom. The zero-order valence-corrected chi connectivity index (χ0v) is 19.7. The Labute approximate surface area is 208 Å². The van der Waals surface area contributed by atoms with Crippen molar-refractivity contribution in [1.82, 2.24) is 0 Å². The average Bonchev–Trinajstić information content (AvgIpc) is 3.40. The standard InChI is InChI=1S/C29H22ClN3O2/c1-35-23-15-12-19(13-16-23)26-27(20-8-4-2-5-9-20)32-33(22-10-6-3-7-11-22)29(26)24-17-14-21(30)18-25(24)31-28(29)34/h2-18,26H,1H3,(H,31,34)/t26-,29-/m0/s1. The third-order valence-electron chi connectivity index (χ3n) is 6.74. The largest absolute Gasteiger partial charge is 0.497 e. The Morgan fingerprint density at radius 2 is 1.60 bits per heavy atom. The van der Waals surface area contributed by atoms with E-state index in [1.54, 1.807) is 13.2 Å². The zero-order chi connectivity index (χ0) is 24.0. The highest BCUT2D eigenvalue weighted by Gasteiger charge is 2.62. The first-order valence-corrected chi connectivity index (χ1v) is 11.8. The van der Waals surface area contributed by atoms with Gasteiger partial charge < -0.3 is 10.1 Å². The molecule has 0 bridgehead atoms. The van der Waals surface area contributed by atoms with Gasteiger partial charge in [0, 0.05) is 16.3 Å². The van der Waals surface area contributed by atoms with Gasteiger partial charge in [-0.25, -0.2) is 5.01 Å². The van der Waals surface area contributed by atoms with Crippen LogP contribution < -0.4 is 15.1 Å². The van der Waals surface area contributed by atoms with Gasteiger partial charge >= 0.3 is 0 Å². The van der Waals surface area contributed by atoms with Crippen LogP contribution in [-0.2, 0) is 10.3 Å². The lowest BCUT2D eigenvalue weighted by Crippen LogP contribution is -2.50. The van der Waals surface area contributed by atoms with E-state index in [-0.39, 0.29) is 5.91 Å². The number of nitrogens with zero attached hydrogens (tertiary/aromatic N) is 2. The third kappa shape index (κ3) is 3.23. The molecule has 0 unspecified atom stereocenters. The van der Waals surface area contributed by atoms with E-state index in [0.29, 0.717) is 10.7 Å². The minimum Gasteiger partial charge on any atom is -0.497 e. The van der Waals surface area contributed by atoms with Crippen LogP contribution in [0.3, 0.4) is 0 Å². The van der Waals surface area contributed by atoms with Gasteiger partial charge in [0.25, 0.3) is 5.91 Å².